The van der Waals surface area contributed by atoms with Crippen molar-refractivity contribution in [2.24, 2.45) is 0 Å². The lowest BCUT2D eigenvalue weighted by Crippen LogP contribution is -2.44. The van der Waals surface area contributed by atoms with E-state index >= 15 is 0 Å². The number of hydrogen-bond donors (Lipinski definition) is 3. The fourth-order valence-electron chi connectivity index (χ4n) is 2.35. The predicted molar refractivity (Wildman–Crippen MR) is 127 cm³/mol. The van der Waals surface area contributed by atoms with Crippen LogP contribution in [0.2, 0.25) is 0 Å². The normalized spacial score (nSPS) is 10.8. The zero-order chi connectivity index (χ0) is 24.2. The first kappa shape index (κ1) is 31.5. The Morgan fingerprint density at radius 2 is 1.09 bits per heavy atom. The molecule has 33 heavy (non-hydrogen) atoms. The van der Waals surface area contributed by atoms with Gasteiger partial charge in [-0.15, -0.1) is 6.42 Å². The lowest BCUT2D eigenvalue weighted by molar-refractivity contribution is 0.00177. The first-order valence-corrected chi connectivity index (χ1v) is 11.5. The van der Waals surface area contributed by atoms with Gasteiger partial charge in [0.25, 0.3) is 0 Å². The summed E-state index contributed by atoms with van der Waals surface area (Å²) in [7, 11) is 3.74. The quantitative estimate of drug-likeness (QED) is 0.115. The SMILES string of the molecule is C#CCOCCOCCOCCOCCNC(=O)N(CCOCCNC)CCOCCNC. The van der Waals surface area contributed by atoms with E-state index in [1.807, 2.05) is 14.1 Å². The van der Waals surface area contributed by atoms with E-state index in [0.717, 1.165) is 13.1 Å². The number of ether oxygens (including phenoxy) is 6. The summed E-state index contributed by atoms with van der Waals surface area (Å²) in [5.74, 6) is 2.39. The molecule has 11 heteroatoms. The van der Waals surface area contributed by atoms with Gasteiger partial charge in [-0.25, -0.2) is 4.79 Å². The average Bonchev–Trinajstić information content (AvgIpc) is 2.82. The molecule has 0 aromatic heterocycles. The number of hydrogen-bond acceptors (Lipinski definition) is 9. The summed E-state index contributed by atoms with van der Waals surface area (Å²) >= 11 is 0. The molecule has 0 aliphatic rings. The van der Waals surface area contributed by atoms with Gasteiger partial charge in [0.15, 0.2) is 0 Å². The van der Waals surface area contributed by atoms with E-state index in [9.17, 15) is 4.79 Å². The Morgan fingerprint density at radius 1 is 0.667 bits per heavy atom. The van der Waals surface area contributed by atoms with Gasteiger partial charge >= 0.3 is 6.03 Å². The number of amides is 2. The monoisotopic (exact) mass is 476 g/mol. The molecule has 2 amide bonds. The number of carbonyl (C=O) groups excluding carboxylic acids is 1. The maximum Gasteiger partial charge on any atom is 0.317 e. The second-order valence-electron chi connectivity index (χ2n) is 6.74. The van der Waals surface area contributed by atoms with Crippen molar-refractivity contribution < 1.29 is 33.2 Å². The highest BCUT2D eigenvalue weighted by Crippen LogP contribution is 1.92. The number of terminal acetylenes is 1. The predicted octanol–water partition coefficient (Wildman–Crippen LogP) is -0.830. The molecule has 0 aliphatic carbocycles. The van der Waals surface area contributed by atoms with Crippen LogP contribution in [0.25, 0.3) is 0 Å². The molecule has 0 saturated carbocycles. The van der Waals surface area contributed by atoms with Crippen molar-refractivity contribution in [3.63, 3.8) is 0 Å². The van der Waals surface area contributed by atoms with Gasteiger partial charge in [0.2, 0.25) is 0 Å². The molecule has 0 spiro atoms. The van der Waals surface area contributed by atoms with Crippen LogP contribution in [-0.4, -0.2) is 137 Å². The van der Waals surface area contributed by atoms with Crippen LogP contribution in [0.5, 0.6) is 0 Å². The number of likely N-dealkylation sites (N-methyl/N-ethyl adjacent to an activating group) is 2. The van der Waals surface area contributed by atoms with E-state index < -0.39 is 0 Å². The Balaban J connectivity index is 3.77. The van der Waals surface area contributed by atoms with Crippen molar-refractivity contribution in [3.05, 3.63) is 0 Å². The third kappa shape index (κ3) is 23.5. The average molecular weight is 477 g/mol. The van der Waals surface area contributed by atoms with Gasteiger partial charge in [-0.1, -0.05) is 5.92 Å². The smallest absolute Gasteiger partial charge is 0.317 e. The lowest BCUT2D eigenvalue weighted by atomic mass is 10.5. The van der Waals surface area contributed by atoms with Gasteiger partial charge in [0.05, 0.1) is 72.7 Å². The molecule has 0 heterocycles. The maximum atomic E-state index is 12.5. The fourth-order valence-corrected chi connectivity index (χ4v) is 2.35. The van der Waals surface area contributed by atoms with Gasteiger partial charge in [-0.2, -0.15) is 0 Å². The summed E-state index contributed by atoms with van der Waals surface area (Å²) in [5, 5.41) is 8.91. The van der Waals surface area contributed by atoms with Gasteiger partial charge in [-0.05, 0) is 14.1 Å². The minimum Gasteiger partial charge on any atom is -0.378 e. The van der Waals surface area contributed by atoms with Crippen LogP contribution in [0.15, 0.2) is 0 Å². The number of rotatable bonds is 25. The standard InChI is InChI=1S/C22H44N4O7/c1-4-10-28-16-18-32-20-21-33-19-17-31-13-7-25-22(27)26(8-14-29-11-5-23-2)9-15-30-12-6-24-3/h1,23-24H,5-21H2,2-3H3,(H,25,27). The van der Waals surface area contributed by atoms with Crippen molar-refractivity contribution in [1.29, 1.82) is 0 Å². The topological polar surface area (TPSA) is 112 Å². The van der Waals surface area contributed by atoms with Crippen LogP contribution in [-0.2, 0) is 28.4 Å². The van der Waals surface area contributed by atoms with Crippen LogP contribution >= 0.6 is 0 Å². The molecular formula is C22H44N4O7. The molecule has 0 aliphatic heterocycles. The molecule has 3 N–H and O–H groups in total. The van der Waals surface area contributed by atoms with Gasteiger partial charge < -0.3 is 49.3 Å². The molecule has 0 rings (SSSR count). The second-order valence-corrected chi connectivity index (χ2v) is 6.74. The lowest BCUT2D eigenvalue weighted by Gasteiger charge is -2.23. The Kier molecular flexibility index (Phi) is 25.6. The molecule has 11 nitrogen and oxygen atoms in total. The summed E-state index contributed by atoms with van der Waals surface area (Å²) in [6.07, 6.45) is 5.07. The Labute approximate surface area is 199 Å². The van der Waals surface area contributed by atoms with E-state index in [4.69, 9.17) is 34.8 Å². The van der Waals surface area contributed by atoms with Gasteiger partial charge in [-0.3, -0.25) is 0 Å². The summed E-state index contributed by atoms with van der Waals surface area (Å²) in [4.78, 5) is 14.2. The van der Waals surface area contributed by atoms with E-state index in [-0.39, 0.29) is 6.03 Å². The number of carbonyl (C=O) groups is 1. The molecule has 0 atom stereocenters. The van der Waals surface area contributed by atoms with E-state index in [1.165, 1.54) is 0 Å². The third-order valence-electron chi connectivity index (χ3n) is 4.12. The van der Waals surface area contributed by atoms with Crippen molar-refractivity contribution in [2.75, 3.05) is 126 Å². The minimum atomic E-state index is -0.160. The Morgan fingerprint density at radius 3 is 1.58 bits per heavy atom. The Hall–Kier alpha value is -1.49. The highest BCUT2D eigenvalue weighted by Gasteiger charge is 2.12. The second kappa shape index (κ2) is 26.8. The Bertz CT molecular complexity index is 453. The fraction of sp³-hybridized carbons (Fsp3) is 0.864. The number of urea groups is 1. The maximum absolute atomic E-state index is 12.5. The van der Waals surface area contributed by atoms with Crippen LogP contribution in [0.3, 0.4) is 0 Å². The van der Waals surface area contributed by atoms with Crippen LogP contribution < -0.4 is 16.0 Å². The van der Waals surface area contributed by atoms with Crippen molar-refractivity contribution in [1.82, 2.24) is 20.9 Å². The third-order valence-corrected chi connectivity index (χ3v) is 4.12. The molecule has 0 saturated heterocycles. The van der Waals surface area contributed by atoms with Crippen LogP contribution in [0.4, 0.5) is 4.79 Å². The largest absolute Gasteiger partial charge is 0.378 e. The minimum absolute atomic E-state index is 0.160. The molecule has 194 valence electrons. The van der Waals surface area contributed by atoms with E-state index in [0.29, 0.717) is 98.9 Å². The molecule has 0 aromatic carbocycles. The summed E-state index contributed by atoms with van der Waals surface area (Å²) in [5.41, 5.74) is 0. The molecular weight excluding hydrogens is 432 g/mol. The molecule has 0 bridgehead atoms. The number of nitrogens with zero attached hydrogens (tertiary/aromatic N) is 1. The highest BCUT2D eigenvalue weighted by atomic mass is 16.6. The van der Waals surface area contributed by atoms with Gasteiger partial charge in [0.1, 0.15) is 6.61 Å². The molecule has 0 unspecified atom stereocenters. The van der Waals surface area contributed by atoms with Crippen molar-refractivity contribution >= 4 is 6.03 Å². The van der Waals surface area contributed by atoms with E-state index in [2.05, 4.69) is 21.9 Å². The molecule has 0 fully saturated rings. The summed E-state index contributed by atoms with van der Waals surface area (Å²) < 4.78 is 32.4. The van der Waals surface area contributed by atoms with Crippen molar-refractivity contribution in [2.45, 2.75) is 0 Å². The summed E-state index contributed by atoms with van der Waals surface area (Å²) in [6.45, 7) is 8.66. The van der Waals surface area contributed by atoms with Crippen LogP contribution in [0.1, 0.15) is 0 Å². The molecule has 0 aromatic rings. The van der Waals surface area contributed by atoms with E-state index in [1.54, 1.807) is 4.90 Å². The molecule has 0 radical (unpaired) electrons. The zero-order valence-corrected chi connectivity index (χ0v) is 20.4. The summed E-state index contributed by atoms with van der Waals surface area (Å²) in [6, 6.07) is -0.160. The highest BCUT2D eigenvalue weighted by molar-refractivity contribution is 5.74. The van der Waals surface area contributed by atoms with Crippen LogP contribution in [0, 0.1) is 12.3 Å². The first-order valence-electron chi connectivity index (χ1n) is 11.5. The van der Waals surface area contributed by atoms with Crippen molar-refractivity contribution in [3.8, 4) is 12.3 Å². The number of nitrogens with one attached hydrogen (secondary N) is 3. The zero-order valence-electron chi connectivity index (χ0n) is 20.4. The first-order chi connectivity index (χ1) is 16.3. The van der Waals surface area contributed by atoms with Gasteiger partial charge in [0, 0.05) is 32.7 Å².